The van der Waals surface area contributed by atoms with Crippen LogP contribution in [0.25, 0.3) is 5.76 Å². The lowest BCUT2D eigenvalue weighted by atomic mass is 10.0. The molecule has 0 radical (unpaired) electrons. The average molecular weight is 418 g/mol. The minimum atomic E-state index is -0.307. The minimum Gasteiger partial charge on any atom is -0.443 e. The van der Waals surface area contributed by atoms with Crippen LogP contribution < -0.4 is 0 Å². The third kappa shape index (κ3) is 12.1. The molecule has 0 aliphatic carbocycles. The summed E-state index contributed by atoms with van der Waals surface area (Å²) in [5.74, 6) is 0.671. The maximum Gasteiger partial charge on any atom is 0.192 e. The Morgan fingerprint density at radius 2 is 1.20 bits per heavy atom. The number of benzene rings is 1. The fourth-order valence-electron chi connectivity index (χ4n) is 3.70. The standard InChI is InChI=1S/C17H36.C10H8FNO/c1-3-5-7-9-11-13-15-17-16-14-12-10-8-6-4-2;1-6-9-5-8(11)3-4-10(9)12-7(2)13-6/h3-17H2,1-2H3;3-5H,1H2,2H3. The van der Waals surface area contributed by atoms with Crippen LogP contribution in [-0.2, 0) is 4.74 Å². The van der Waals surface area contributed by atoms with E-state index in [-0.39, 0.29) is 5.82 Å². The topological polar surface area (TPSA) is 21.6 Å². The highest BCUT2D eigenvalue weighted by atomic mass is 19.1. The van der Waals surface area contributed by atoms with Gasteiger partial charge in [-0.2, -0.15) is 0 Å². The van der Waals surface area contributed by atoms with Crippen LogP contribution in [0.2, 0.25) is 0 Å². The zero-order valence-electron chi connectivity index (χ0n) is 19.8. The number of unbranched alkanes of at least 4 members (excludes halogenated alkanes) is 14. The van der Waals surface area contributed by atoms with Gasteiger partial charge in [0.15, 0.2) is 5.90 Å². The quantitative estimate of drug-likeness (QED) is 0.276. The molecular formula is C27H44FNO. The molecule has 0 unspecified atom stereocenters. The van der Waals surface area contributed by atoms with Crippen LogP contribution in [0.1, 0.15) is 123 Å². The van der Waals surface area contributed by atoms with Crippen LogP contribution in [0.4, 0.5) is 10.1 Å². The van der Waals surface area contributed by atoms with Gasteiger partial charge in [0.25, 0.3) is 0 Å². The number of aliphatic imine (C=N–C) groups is 1. The molecule has 0 saturated heterocycles. The van der Waals surface area contributed by atoms with E-state index in [2.05, 4.69) is 25.4 Å². The van der Waals surface area contributed by atoms with E-state index in [1.54, 1.807) is 13.0 Å². The van der Waals surface area contributed by atoms with Crippen molar-refractivity contribution >= 4 is 17.3 Å². The second kappa shape index (κ2) is 17.1. The summed E-state index contributed by atoms with van der Waals surface area (Å²) in [6.45, 7) is 10.00. The van der Waals surface area contributed by atoms with Crippen LogP contribution in [-0.4, -0.2) is 5.90 Å². The van der Waals surface area contributed by atoms with E-state index < -0.39 is 0 Å². The van der Waals surface area contributed by atoms with Crippen molar-refractivity contribution in [2.45, 2.75) is 117 Å². The zero-order chi connectivity index (χ0) is 22.0. The summed E-state index contributed by atoms with van der Waals surface area (Å²) in [7, 11) is 0. The largest absolute Gasteiger partial charge is 0.443 e. The smallest absolute Gasteiger partial charge is 0.192 e. The van der Waals surface area contributed by atoms with Gasteiger partial charge in [-0.3, -0.25) is 0 Å². The monoisotopic (exact) mass is 417 g/mol. The van der Waals surface area contributed by atoms with E-state index in [0.717, 1.165) is 0 Å². The van der Waals surface area contributed by atoms with Crippen molar-refractivity contribution in [3.05, 3.63) is 36.2 Å². The lowest BCUT2D eigenvalue weighted by Crippen LogP contribution is -2.04. The molecule has 3 heteroatoms. The van der Waals surface area contributed by atoms with Crippen LogP contribution in [0.5, 0.6) is 0 Å². The molecule has 1 aliphatic heterocycles. The molecular weight excluding hydrogens is 373 g/mol. The predicted molar refractivity (Wildman–Crippen MR) is 130 cm³/mol. The molecule has 1 aliphatic rings. The first-order valence-electron chi connectivity index (χ1n) is 12.3. The van der Waals surface area contributed by atoms with Gasteiger partial charge >= 0.3 is 0 Å². The van der Waals surface area contributed by atoms with Gasteiger partial charge in [0.05, 0.1) is 5.69 Å². The third-order valence-electron chi connectivity index (χ3n) is 5.51. The molecule has 2 nitrogen and oxygen atoms in total. The number of nitrogens with zero attached hydrogens (tertiary/aromatic N) is 1. The highest BCUT2D eigenvalue weighted by Crippen LogP contribution is 2.31. The Bertz CT molecular complexity index is 609. The molecule has 1 heterocycles. The average Bonchev–Trinajstić information content (AvgIpc) is 2.72. The van der Waals surface area contributed by atoms with E-state index in [4.69, 9.17) is 4.74 Å². The van der Waals surface area contributed by atoms with E-state index in [1.165, 1.54) is 108 Å². The highest BCUT2D eigenvalue weighted by Gasteiger charge is 2.14. The van der Waals surface area contributed by atoms with Crippen molar-refractivity contribution in [3.8, 4) is 0 Å². The van der Waals surface area contributed by atoms with E-state index in [0.29, 0.717) is 22.9 Å². The molecule has 0 aromatic heterocycles. The minimum absolute atomic E-state index is 0.307. The Morgan fingerprint density at radius 1 is 0.767 bits per heavy atom. The summed E-state index contributed by atoms with van der Waals surface area (Å²) in [6, 6.07) is 4.35. The van der Waals surface area contributed by atoms with E-state index in [9.17, 15) is 4.39 Å². The fraction of sp³-hybridized carbons (Fsp3) is 0.667. The summed E-state index contributed by atoms with van der Waals surface area (Å²) in [6.07, 6.45) is 21.9. The summed E-state index contributed by atoms with van der Waals surface area (Å²) in [5.41, 5.74) is 1.32. The molecule has 170 valence electrons. The van der Waals surface area contributed by atoms with Crippen molar-refractivity contribution in [1.29, 1.82) is 0 Å². The molecule has 0 spiro atoms. The highest BCUT2D eigenvalue weighted by molar-refractivity contribution is 5.89. The second-order valence-electron chi connectivity index (χ2n) is 8.41. The first kappa shape index (κ1) is 26.4. The first-order valence-corrected chi connectivity index (χ1v) is 12.3. The molecule has 0 bridgehead atoms. The number of hydrogen-bond donors (Lipinski definition) is 0. The molecule has 30 heavy (non-hydrogen) atoms. The lowest BCUT2D eigenvalue weighted by Gasteiger charge is -2.15. The fourth-order valence-corrected chi connectivity index (χ4v) is 3.70. The van der Waals surface area contributed by atoms with Crippen molar-refractivity contribution < 1.29 is 9.13 Å². The van der Waals surface area contributed by atoms with E-state index >= 15 is 0 Å². The first-order chi connectivity index (χ1) is 14.6. The van der Waals surface area contributed by atoms with E-state index in [1.807, 2.05) is 0 Å². The van der Waals surface area contributed by atoms with Crippen molar-refractivity contribution in [3.63, 3.8) is 0 Å². The molecule has 1 aromatic carbocycles. The Hall–Kier alpha value is -1.64. The van der Waals surface area contributed by atoms with Gasteiger partial charge in [-0.15, -0.1) is 0 Å². The summed E-state index contributed by atoms with van der Waals surface area (Å²) in [5, 5.41) is 0. The maximum atomic E-state index is 12.8. The van der Waals surface area contributed by atoms with Crippen LogP contribution in [0, 0.1) is 5.82 Å². The SMILES string of the molecule is C=C1OC(C)=Nc2ccc(F)cc21.CCCCCCCCCCCCCCCCC. The van der Waals surface area contributed by atoms with Crippen LogP contribution in [0.3, 0.4) is 0 Å². The van der Waals surface area contributed by atoms with Crippen molar-refractivity contribution in [2.24, 2.45) is 4.99 Å². The van der Waals surface area contributed by atoms with Gasteiger partial charge in [0.2, 0.25) is 0 Å². The van der Waals surface area contributed by atoms with Crippen molar-refractivity contribution in [2.75, 3.05) is 0 Å². The molecule has 0 atom stereocenters. The van der Waals surface area contributed by atoms with Gasteiger partial charge in [-0.1, -0.05) is 117 Å². The summed E-state index contributed by atoms with van der Waals surface area (Å²) >= 11 is 0. The summed E-state index contributed by atoms with van der Waals surface area (Å²) < 4.78 is 18.0. The van der Waals surface area contributed by atoms with Gasteiger partial charge in [-0.05, 0) is 18.2 Å². The Balaban J connectivity index is 0.000000308. The Labute approximate surface area is 185 Å². The number of rotatable bonds is 14. The predicted octanol–water partition coefficient (Wildman–Crippen LogP) is 9.75. The summed E-state index contributed by atoms with van der Waals surface area (Å²) in [4.78, 5) is 4.10. The Kier molecular flexibility index (Phi) is 15.0. The maximum absolute atomic E-state index is 12.8. The van der Waals surface area contributed by atoms with Gasteiger partial charge < -0.3 is 4.74 Å². The third-order valence-corrected chi connectivity index (χ3v) is 5.51. The number of halogens is 1. The molecule has 0 N–H and O–H groups in total. The number of ether oxygens (including phenoxy) is 1. The van der Waals surface area contributed by atoms with Crippen molar-refractivity contribution in [1.82, 2.24) is 0 Å². The number of fused-ring (bicyclic) bond motifs is 1. The molecule has 2 rings (SSSR count). The van der Waals surface area contributed by atoms with Gasteiger partial charge in [0.1, 0.15) is 11.6 Å². The molecule has 0 fully saturated rings. The second-order valence-corrected chi connectivity index (χ2v) is 8.41. The van der Waals surface area contributed by atoms with Gasteiger partial charge in [0, 0.05) is 12.5 Å². The molecule has 1 aromatic rings. The van der Waals surface area contributed by atoms with Crippen LogP contribution >= 0.6 is 0 Å². The number of hydrogen-bond acceptors (Lipinski definition) is 2. The molecule has 0 amide bonds. The lowest BCUT2D eigenvalue weighted by molar-refractivity contribution is 0.498. The van der Waals surface area contributed by atoms with Gasteiger partial charge in [-0.25, -0.2) is 9.38 Å². The normalized spacial score (nSPS) is 12.5. The van der Waals surface area contributed by atoms with Crippen LogP contribution in [0.15, 0.2) is 29.8 Å². The molecule has 0 saturated carbocycles. The Morgan fingerprint density at radius 3 is 1.63 bits per heavy atom. The zero-order valence-corrected chi connectivity index (χ0v) is 19.8.